The highest BCUT2D eigenvalue weighted by Gasteiger charge is 2.28. The van der Waals surface area contributed by atoms with Crippen LogP contribution in [-0.2, 0) is 0 Å². The number of rotatable bonds is 2. The molecule has 2 rings (SSSR count). The highest BCUT2D eigenvalue weighted by atomic mass is 35.5. The lowest BCUT2D eigenvalue weighted by Crippen LogP contribution is -2.39. The summed E-state index contributed by atoms with van der Waals surface area (Å²) in [7, 11) is 0. The van der Waals surface area contributed by atoms with E-state index in [2.05, 4.69) is 28.7 Å². The molecule has 1 aliphatic rings. The molecule has 0 amide bonds. The number of hydrogen-bond donors (Lipinski definition) is 0. The minimum absolute atomic E-state index is 0.334. The van der Waals surface area contributed by atoms with Gasteiger partial charge in [-0.3, -0.25) is 4.90 Å². The molecule has 17 heavy (non-hydrogen) atoms. The fraction of sp³-hybridized carbons (Fsp3) is 0.692. The smallest absolute Gasteiger partial charge is 0.147 e. The van der Waals surface area contributed by atoms with Crippen molar-refractivity contribution in [2.75, 3.05) is 6.54 Å². The Morgan fingerprint density at radius 2 is 2.12 bits per heavy atom. The predicted molar refractivity (Wildman–Crippen MR) is 70.2 cm³/mol. The molecule has 0 spiro atoms. The van der Waals surface area contributed by atoms with Gasteiger partial charge in [-0.1, -0.05) is 18.0 Å². The molecule has 0 aliphatic carbocycles. The Balaban J connectivity index is 2.29. The van der Waals surface area contributed by atoms with E-state index >= 15 is 0 Å². The summed E-state index contributed by atoms with van der Waals surface area (Å²) in [4.78, 5) is 11.4. The second-order valence-corrected chi connectivity index (χ2v) is 5.42. The van der Waals surface area contributed by atoms with Gasteiger partial charge in [-0.05, 0) is 46.2 Å². The summed E-state index contributed by atoms with van der Waals surface area (Å²) < 4.78 is 0. The molecule has 1 aromatic heterocycles. The third kappa shape index (κ3) is 2.96. The molecule has 0 radical (unpaired) electrons. The lowest BCUT2D eigenvalue weighted by atomic mass is 9.99. The molecule has 0 bridgehead atoms. The Morgan fingerprint density at radius 1 is 1.35 bits per heavy atom. The van der Waals surface area contributed by atoms with E-state index in [1.54, 1.807) is 0 Å². The highest BCUT2D eigenvalue weighted by molar-refractivity contribution is 6.29. The molecule has 0 aromatic carbocycles. The fourth-order valence-corrected chi connectivity index (χ4v) is 2.79. The minimum atomic E-state index is 0.334. The van der Waals surface area contributed by atoms with Gasteiger partial charge in [0.05, 0.1) is 6.04 Å². The zero-order chi connectivity index (χ0) is 12.4. The Hall–Kier alpha value is -0.670. The predicted octanol–water partition coefficient (Wildman–Crippen LogP) is 3.37. The van der Waals surface area contributed by atoms with E-state index in [0.29, 0.717) is 17.2 Å². The van der Waals surface area contributed by atoms with E-state index in [1.165, 1.54) is 12.8 Å². The van der Waals surface area contributed by atoms with E-state index in [-0.39, 0.29) is 0 Å². The van der Waals surface area contributed by atoms with Crippen LogP contribution in [-0.4, -0.2) is 27.5 Å². The van der Waals surface area contributed by atoms with Crippen LogP contribution in [0.2, 0.25) is 5.15 Å². The van der Waals surface area contributed by atoms with Gasteiger partial charge in [0, 0.05) is 11.7 Å². The van der Waals surface area contributed by atoms with Crippen molar-refractivity contribution < 1.29 is 0 Å². The molecule has 4 heteroatoms. The quantitative estimate of drug-likeness (QED) is 0.757. The Morgan fingerprint density at radius 3 is 2.76 bits per heavy atom. The van der Waals surface area contributed by atoms with E-state index in [0.717, 1.165) is 24.5 Å². The largest absolute Gasteiger partial charge is 0.291 e. The zero-order valence-electron chi connectivity index (χ0n) is 10.8. The molecular formula is C13H20ClN3. The number of halogens is 1. The lowest BCUT2D eigenvalue weighted by Gasteiger charge is -2.37. The third-order valence-corrected chi connectivity index (χ3v) is 3.54. The van der Waals surface area contributed by atoms with Crippen LogP contribution in [0.4, 0.5) is 0 Å². The molecular weight excluding hydrogens is 234 g/mol. The maximum Gasteiger partial charge on any atom is 0.147 e. The average Bonchev–Trinajstić information content (AvgIpc) is 2.27. The number of piperidine rings is 1. The topological polar surface area (TPSA) is 29.0 Å². The zero-order valence-corrected chi connectivity index (χ0v) is 11.5. The van der Waals surface area contributed by atoms with Crippen molar-refractivity contribution in [1.82, 2.24) is 14.9 Å². The lowest BCUT2D eigenvalue weighted by molar-refractivity contribution is 0.106. The first kappa shape index (κ1) is 12.8. The molecule has 94 valence electrons. The number of aryl methyl sites for hydroxylation is 1. The van der Waals surface area contributed by atoms with Crippen molar-refractivity contribution in [3.05, 3.63) is 22.7 Å². The summed E-state index contributed by atoms with van der Waals surface area (Å²) in [6, 6.07) is 2.68. The van der Waals surface area contributed by atoms with Gasteiger partial charge in [0.25, 0.3) is 0 Å². The van der Waals surface area contributed by atoms with Crippen LogP contribution >= 0.6 is 11.6 Å². The van der Waals surface area contributed by atoms with Crippen LogP contribution in [0.1, 0.15) is 50.7 Å². The Bertz CT molecular complexity index is 372. The van der Waals surface area contributed by atoms with Gasteiger partial charge in [0.2, 0.25) is 0 Å². The van der Waals surface area contributed by atoms with E-state index in [9.17, 15) is 0 Å². The van der Waals surface area contributed by atoms with Crippen LogP contribution in [0.25, 0.3) is 0 Å². The van der Waals surface area contributed by atoms with E-state index < -0.39 is 0 Å². The average molecular weight is 254 g/mol. The standard InChI is InChI=1S/C13H20ClN3/c1-9(2)17-7-5-4-6-11(17)13-15-10(3)8-12(14)16-13/h8-9,11H,4-7H2,1-3H3. The number of nitrogens with zero attached hydrogens (tertiary/aromatic N) is 3. The van der Waals surface area contributed by atoms with Crippen molar-refractivity contribution >= 4 is 11.6 Å². The SMILES string of the molecule is Cc1cc(Cl)nc(C2CCCCN2C(C)C)n1. The van der Waals surface area contributed by atoms with Gasteiger partial charge in [-0.2, -0.15) is 0 Å². The van der Waals surface area contributed by atoms with Crippen molar-refractivity contribution in [1.29, 1.82) is 0 Å². The van der Waals surface area contributed by atoms with Crippen LogP contribution < -0.4 is 0 Å². The summed E-state index contributed by atoms with van der Waals surface area (Å²) in [6.07, 6.45) is 3.66. The first-order valence-corrected chi connectivity index (χ1v) is 6.72. The molecule has 1 saturated heterocycles. The van der Waals surface area contributed by atoms with Gasteiger partial charge < -0.3 is 0 Å². The van der Waals surface area contributed by atoms with Crippen LogP contribution in [0.15, 0.2) is 6.07 Å². The molecule has 1 aliphatic heterocycles. The number of hydrogen-bond acceptors (Lipinski definition) is 3. The van der Waals surface area contributed by atoms with Crippen molar-refractivity contribution in [2.45, 2.75) is 52.1 Å². The Kier molecular flexibility index (Phi) is 4.00. The van der Waals surface area contributed by atoms with Gasteiger partial charge >= 0.3 is 0 Å². The molecule has 1 fully saturated rings. The van der Waals surface area contributed by atoms with Gasteiger partial charge in [-0.15, -0.1) is 0 Å². The van der Waals surface area contributed by atoms with Crippen molar-refractivity contribution in [3.63, 3.8) is 0 Å². The van der Waals surface area contributed by atoms with Gasteiger partial charge in [-0.25, -0.2) is 9.97 Å². The third-order valence-electron chi connectivity index (χ3n) is 3.35. The number of likely N-dealkylation sites (tertiary alicyclic amines) is 1. The second-order valence-electron chi connectivity index (χ2n) is 5.03. The number of aromatic nitrogens is 2. The maximum atomic E-state index is 6.03. The molecule has 1 unspecified atom stereocenters. The van der Waals surface area contributed by atoms with Crippen molar-refractivity contribution in [3.8, 4) is 0 Å². The molecule has 2 heterocycles. The molecule has 1 aromatic rings. The molecule has 1 atom stereocenters. The summed E-state index contributed by atoms with van der Waals surface area (Å²) in [5.74, 6) is 0.892. The fourth-order valence-electron chi connectivity index (χ4n) is 2.55. The van der Waals surface area contributed by atoms with Gasteiger partial charge in [0.15, 0.2) is 0 Å². The van der Waals surface area contributed by atoms with E-state index in [4.69, 9.17) is 11.6 Å². The summed E-state index contributed by atoms with van der Waals surface area (Å²) in [5.41, 5.74) is 0.953. The first-order chi connectivity index (χ1) is 8.08. The van der Waals surface area contributed by atoms with Crippen molar-refractivity contribution in [2.24, 2.45) is 0 Å². The maximum absolute atomic E-state index is 6.03. The normalized spacial score (nSPS) is 22.1. The van der Waals surface area contributed by atoms with E-state index in [1.807, 2.05) is 13.0 Å². The Labute approximate surface area is 108 Å². The molecule has 3 nitrogen and oxygen atoms in total. The first-order valence-electron chi connectivity index (χ1n) is 6.35. The highest BCUT2D eigenvalue weighted by Crippen LogP contribution is 2.31. The second kappa shape index (κ2) is 5.32. The minimum Gasteiger partial charge on any atom is -0.291 e. The summed E-state index contributed by atoms with van der Waals surface area (Å²) in [5, 5.41) is 0.557. The van der Waals surface area contributed by atoms with Crippen LogP contribution in [0, 0.1) is 6.92 Å². The monoisotopic (exact) mass is 253 g/mol. The van der Waals surface area contributed by atoms with Gasteiger partial charge in [0.1, 0.15) is 11.0 Å². The van der Waals surface area contributed by atoms with Crippen LogP contribution in [0.3, 0.4) is 0 Å². The molecule has 0 saturated carbocycles. The summed E-state index contributed by atoms with van der Waals surface area (Å²) in [6.45, 7) is 7.57. The van der Waals surface area contributed by atoms with Crippen LogP contribution in [0.5, 0.6) is 0 Å². The summed E-state index contributed by atoms with van der Waals surface area (Å²) >= 11 is 6.03. The molecule has 0 N–H and O–H groups in total.